The van der Waals surface area contributed by atoms with E-state index in [-0.39, 0.29) is 5.82 Å². The van der Waals surface area contributed by atoms with Gasteiger partial charge in [-0.1, -0.05) is 23.7 Å². The third kappa shape index (κ3) is 3.33. The molecule has 0 saturated heterocycles. The molecule has 0 radical (unpaired) electrons. The highest BCUT2D eigenvalue weighted by Crippen LogP contribution is 2.21. The van der Waals surface area contributed by atoms with Crippen molar-refractivity contribution in [2.24, 2.45) is 7.05 Å². The molecule has 1 aromatic carbocycles. The first-order valence-corrected chi connectivity index (χ1v) is 6.45. The number of aromatic nitrogens is 2. The summed E-state index contributed by atoms with van der Waals surface area (Å²) < 4.78 is 14.4. The van der Waals surface area contributed by atoms with Crippen LogP contribution in [0.5, 0.6) is 0 Å². The van der Waals surface area contributed by atoms with Crippen molar-refractivity contribution in [3.05, 3.63) is 52.1 Å². The molecule has 5 heteroatoms. The van der Waals surface area contributed by atoms with Gasteiger partial charge in [-0.2, -0.15) is 5.10 Å². The van der Waals surface area contributed by atoms with Gasteiger partial charge in [0.2, 0.25) is 0 Å². The smallest absolute Gasteiger partial charge is 0.130 e. The van der Waals surface area contributed by atoms with Crippen molar-refractivity contribution in [3.63, 3.8) is 0 Å². The number of aliphatic hydroxyl groups excluding tert-OH is 1. The minimum absolute atomic E-state index is 0.274. The normalized spacial score (nSPS) is 12.7. The summed E-state index contributed by atoms with van der Waals surface area (Å²) in [6, 6.07) is 6.14. The van der Waals surface area contributed by atoms with Crippen molar-refractivity contribution in [1.82, 2.24) is 9.78 Å². The monoisotopic (exact) mass is 282 g/mol. The Balaban J connectivity index is 2.05. The van der Waals surface area contributed by atoms with Crippen LogP contribution in [0.25, 0.3) is 0 Å². The molecule has 0 amide bonds. The summed E-state index contributed by atoms with van der Waals surface area (Å²) in [6.07, 6.45) is 0.340. The number of hydrogen-bond acceptors (Lipinski definition) is 2. The minimum atomic E-state index is -0.564. The van der Waals surface area contributed by atoms with Gasteiger partial charge in [-0.3, -0.25) is 4.68 Å². The molecule has 3 nitrogen and oxygen atoms in total. The maximum atomic E-state index is 12.8. The first kappa shape index (κ1) is 14.0. The van der Waals surface area contributed by atoms with Gasteiger partial charge >= 0.3 is 0 Å². The van der Waals surface area contributed by atoms with E-state index in [9.17, 15) is 9.50 Å². The number of nitrogens with zero attached hydrogens (tertiary/aromatic N) is 2. The van der Waals surface area contributed by atoms with Gasteiger partial charge < -0.3 is 5.11 Å². The Kier molecular flexibility index (Phi) is 4.22. The van der Waals surface area contributed by atoms with Crippen molar-refractivity contribution >= 4 is 11.6 Å². The molecular weight excluding hydrogens is 267 g/mol. The average Bonchev–Trinajstić information content (AvgIpc) is 2.59. The number of rotatable bonds is 4. The Hall–Kier alpha value is -1.39. The lowest BCUT2D eigenvalue weighted by Crippen LogP contribution is -2.14. The van der Waals surface area contributed by atoms with Crippen LogP contribution in [0.4, 0.5) is 4.39 Å². The number of aliphatic hydroxyl groups is 1. The van der Waals surface area contributed by atoms with Crippen LogP contribution < -0.4 is 0 Å². The molecule has 0 spiro atoms. The zero-order valence-electron chi connectivity index (χ0n) is 10.9. The van der Waals surface area contributed by atoms with Gasteiger partial charge in [-0.25, -0.2) is 4.39 Å². The number of benzene rings is 1. The molecule has 0 saturated carbocycles. The summed E-state index contributed by atoms with van der Waals surface area (Å²) in [5.74, 6) is -0.274. The fourth-order valence-electron chi connectivity index (χ4n) is 2.11. The highest BCUT2D eigenvalue weighted by Gasteiger charge is 2.15. The number of aryl methyl sites for hydroxylation is 2. The average molecular weight is 283 g/mol. The van der Waals surface area contributed by atoms with E-state index in [4.69, 9.17) is 11.6 Å². The first-order chi connectivity index (χ1) is 8.97. The predicted octanol–water partition coefficient (Wildman–Crippen LogP) is 2.67. The van der Waals surface area contributed by atoms with Crippen molar-refractivity contribution in [2.45, 2.75) is 25.9 Å². The van der Waals surface area contributed by atoms with Crippen LogP contribution in [0, 0.1) is 12.7 Å². The Labute approximate surface area is 116 Å². The maximum Gasteiger partial charge on any atom is 0.130 e. The van der Waals surface area contributed by atoms with Crippen LogP contribution in [0.1, 0.15) is 16.8 Å². The van der Waals surface area contributed by atoms with Crippen LogP contribution >= 0.6 is 11.6 Å². The Morgan fingerprint density at radius 3 is 2.47 bits per heavy atom. The van der Waals surface area contributed by atoms with Gasteiger partial charge in [0.1, 0.15) is 11.0 Å². The van der Waals surface area contributed by atoms with Crippen molar-refractivity contribution < 1.29 is 9.50 Å². The van der Waals surface area contributed by atoms with E-state index in [0.29, 0.717) is 18.0 Å². The van der Waals surface area contributed by atoms with Crippen LogP contribution in [0.15, 0.2) is 24.3 Å². The lowest BCUT2D eigenvalue weighted by atomic mass is 10.0. The lowest BCUT2D eigenvalue weighted by Gasteiger charge is -2.10. The van der Waals surface area contributed by atoms with Crippen LogP contribution in [0.3, 0.4) is 0 Å². The molecule has 1 atom stereocenters. The van der Waals surface area contributed by atoms with Gasteiger partial charge in [-0.05, 0) is 31.0 Å². The Morgan fingerprint density at radius 2 is 1.95 bits per heavy atom. The molecule has 0 bridgehead atoms. The van der Waals surface area contributed by atoms with Crippen molar-refractivity contribution in [3.8, 4) is 0 Å². The van der Waals surface area contributed by atoms with E-state index < -0.39 is 6.10 Å². The summed E-state index contributed by atoms with van der Waals surface area (Å²) in [7, 11) is 1.77. The molecule has 0 aliphatic heterocycles. The van der Waals surface area contributed by atoms with Gasteiger partial charge in [0.05, 0.1) is 11.8 Å². The minimum Gasteiger partial charge on any atom is -0.392 e. The molecule has 1 aromatic heterocycles. The summed E-state index contributed by atoms with van der Waals surface area (Å²) in [6.45, 7) is 1.87. The van der Waals surface area contributed by atoms with E-state index in [1.165, 1.54) is 12.1 Å². The highest BCUT2D eigenvalue weighted by atomic mass is 35.5. The third-order valence-electron chi connectivity index (χ3n) is 3.09. The van der Waals surface area contributed by atoms with Crippen LogP contribution in [-0.4, -0.2) is 21.0 Å². The molecule has 0 fully saturated rings. The summed E-state index contributed by atoms with van der Waals surface area (Å²) in [5, 5.41) is 14.9. The molecular formula is C14H16ClFN2O. The summed E-state index contributed by atoms with van der Waals surface area (Å²) in [4.78, 5) is 0. The Morgan fingerprint density at radius 1 is 1.32 bits per heavy atom. The predicted molar refractivity (Wildman–Crippen MR) is 72.8 cm³/mol. The quantitative estimate of drug-likeness (QED) is 0.936. The van der Waals surface area contributed by atoms with Crippen LogP contribution in [-0.2, 0) is 19.9 Å². The number of hydrogen-bond donors (Lipinski definition) is 1. The van der Waals surface area contributed by atoms with Gasteiger partial charge in [0.25, 0.3) is 0 Å². The second kappa shape index (κ2) is 5.72. The molecule has 1 unspecified atom stereocenters. The van der Waals surface area contributed by atoms with E-state index >= 15 is 0 Å². The van der Waals surface area contributed by atoms with Gasteiger partial charge in [0.15, 0.2) is 0 Å². The molecule has 1 heterocycles. The topological polar surface area (TPSA) is 38.0 Å². The molecule has 2 rings (SSSR count). The SMILES string of the molecule is Cc1nn(C)c(Cl)c1CC(O)Cc1ccc(F)cc1. The second-order valence-electron chi connectivity index (χ2n) is 4.67. The maximum absolute atomic E-state index is 12.8. The van der Waals surface area contributed by atoms with Gasteiger partial charge in [0, 0.05) is 19.0 Å². The molecule has 0 aliphatic rings. The Bertz CT molecular complexity index is 566. The molecule has 102 valence electrons. The number of halogens is 2. The molecule has 19 heavy (non-hydrogen) atoms. The van der Waals surface area contributed by atoms with Crippen LogP contribution in [0.2, 0.25) is 5.15 Å². The third-order valence-corrected chi connectivity index (χ3v) is 3.57. The van der Waals surface area contributed by atoms with E-state index in [2.05, 4.69) is 5.10 Å². The molecule has 0 aliphatic carbocycles. The van der Waals surface area contributed by atoms with Crippen molar-refractivity contribution in [2.75, 3.05) is 0 Å². The van der Waals surface area contributed by atoms with Gasteiger partial charge in [-0.15, -0.1) is 0 Å². The second-order valence-corrected chi connectivity index (χ2v) is 5.02. The fraction of sp³-hybridized carbons (Fsp3) is 0.357. The molecule has 2 aromatic rings. The molecule has 1 N–H and O–H groups in total. The van der Waals surface area contributed by atoms with E-state index in [1.54, 1.807) is 23.9 Å². The zero-order chi connectivity index (χ0) is 14.0. The lowest BCUT2D eigenvalue weighted by molar-refractivity contribution is 0.175. The van der Waals surface area contributed by atoms with Crippen molar-refractivity contribution in [1.29, 1.82) is 0 Å². The first-order valence-electron chi connectivity index (χ1n) is 6.08. The largest absolute Gasteiger partial charge is 0.392 e. The fourth-order valence-corrected chi connectivity index (χ4v) is 2.36. The summed E-state index contributed by atoms with van der Waals surface area (Å²) in [5.41, 5.74) is 2.58. The standard InChI is InChI=1S/C14H16ClFN2O/c1-9-13(14(15)18(2)17-9)8-12(19)7-10-3-5-11(16)6-4-10/h3-6,12,19H,7-8H2,1-2H3. The summed E-state index contributed by atoms with van der Waals surface area (Å²) >= 11 is 6.12. The zero-order valence-corrected chi connectivity index (χ0v) is 11.7. The van der Waals surface area contributed by atoms with E-state index in [0.717, 1.165) is 16.8 Å². The van der Waals surface area contributed by atoms with E-state index in [1.807, 2.05) is 6.92 Å². The highest BCUT2D eigenvalue weighted by molar-refractivity contribution is 6.30.